The number of nitrogens with two attached hydrogens (primary N) is 1. The van der Waals surface area contributed by atoms with Crippen LogP contribution in [0.25, 0.3) is 0 Å². The molecule has 0 unspecified atom stereocenters. The van der Waals surface area contributed by atoms with Crippen LogP contribution in [-0.2, 0) is 16.2 Å². The number of hydrogen-bond donors (Lipinski definition) is 2. The fourth-order valence-electron chi connectivity index (χ4n) is 1.42. The molecular formula is C9H14N4O2. The van der Waals surface area contributed by atoms with Crippen molar-refractivity contribution >= 4 is 5.97 Å². The maximum atomic E-state index is 11.0. The van der Waals surface area contributed by atoms with Crippen molar-refractivity contribution in [2.75, 3.05) is 0 Å². The van der Waals surface area contributed by atoms with Gasteiger partial charge in [0.05, 0.1) is 18.7 Å². The van der Waals surface area contributed by atoms with Crippen molar-refractivity contribution in [2.45, 2.75) is 31.7 Å². The quantitative estimate of drug-likeness (QED) is 0.531. The van der Waals surface area contributed by atoms with Gasteiger partial charge in [0.2, 0.25) is 0 Å². The Labute approximate surface area is 87.3 Å². The van der Waals surface area contributed by atoms with E-state index < -0.39 is 0 Å². The van der Waals surface area contributed by atoms with Crippen LogP contribution in [0.1, 0.15) is 30.9 Å². The third kappa shape index (κ3) is 2.77. The van der Waals surface area contributed by atoms with Crippen molar-refractivity contribution in [3.63, 3.8) is 0 Å². The Hall–Kier alpha value is -1.40. The third-order valence-electron chi connectivity index (χ3n) is 2.37. The van der Waals surface area contributed by atoms with Gasteiger partial charge < -0.3 is 4.84 Å². The number of carbonyl (C=O) groups is 1. The molecule has 0 atom stereocenters. The van der Waals surface area contributed by atoms with Gasteiger partial charge in [0, 0.05) is 12.1 Å². The maximum absolute atomic E-state index is 11.0. The predicted octanol–water partition coefficient (Wildman–Crippen LogP) is 0.0721. The smallest absolute Gasteiger partial charge is 0.328 e. The van der Waals surface area contributed by atoms with Crippen LogP contribution in [0.4, 0.5) is 0 Å². The van der Waals surface area contributed by atoms with Crippen LogP contribution in [0.3, 0.4) is 0 Å². The van der Waals surface area contributed by atoms with E-state index in [-0.39, 0.29) is 12.4 Å². The van der Waals surface area contributed by atoms with Crippen molar-refractivity contribution in [1.29, 1.82) is 0 Å². The first-order valence-electron chi connectivity index (χ1n) is 4.98. The molecule has 1 aromatic rings. The summed E-state index contributed by atoms with van der Waals surface area (Å²) in [5, 5.41) is 4.36. The normalized spacial score (nSPS) is 15.3. The van der Waals surface area contributed by atoms with Crippen LogP contribution in [0, 0.1) is 0 Å². The number of carbonyl (C=O) groups excluding carboxylic acids is 1. The average Bonchev–Trinajstić information content (AvgIpc) is 2.96. The highest BCUT2D eigenvalue weighted by atomic mass is 16.7. The minimum Gasteiger partial charge on any atom is -0.356 e. The second-order valence-corrected chi connectivity index (χ2v) is 3.62. The zero-order valence-corrected chi connectivity index (χ0v) is 8.35. The van der Waals surface area contributed by atoms with Gasteiger partial charge in [-0.1, -0.05) is 5.59 Å². The molecule has 0 spiro atoms. The van der Waals surface area contributed by atoms with Crippen LogP contribution in [0.2, 0.25) is 0 Å². The van der Waals surface area contributed by atoms with Gasteiger partial charge in [-0.15, -0.1) is 0 Å². The highest BCUT2D eigenvalue weighted by Gasteiger charge is 2.25. The van der Waals surface area contributed by atoms with Gasteiger partial charge in [-0.3, -0.25) is 9.48 Å². The molecule has 1 heterocycles. The molecule has 1 aliphatic rings. The molecule has 0 aliphatic heterocycles. The second-order valence-electron chi connectivity index (χ2n) is 3.62. The summed E-state index contributed by atoms with van der Waals surface area (Å²) in [6, 6.07) is 2.00. The molecule has 3 N–H and O–H groups in total. The van der Waals surface area contributed by atoms with E-state index in [0.717, 1.165) is 5.69 Å². The Bertz CT molecular complexity index is 346. The molecule has 6 nitrogen and oxygen atoms in total. The van der Waals surface area contributed by atoms with Crippen LogP contribution >= 0.6 is 0 Å². The molecule has 0 bridgehead atoms. The molecule has 1 aromatic heterocycles. The lowest BCUT2D eigenvalue weighted by Gasteiger charge is -2.01. The molecule has 15 heavy (non-hydrogen) atoms. The molecule has 0 aromatic carbocycles. The van der Waals surface area contributed by atoms with E-state index in [9.17, 15) is 4.79 Å². The van der Waals surface area contributed by atoms with E-state index >= 15 is 0 Å². The molecule has 0 radical (unpaired) electrons. The number of nitrogens with one attached hydrogen (secondary N) is 1. The second kappa shape index (κ2) is 4.41. The molecule has 0 amide bonds. The van der Waals surface area contributed by atoms with Gasteiger partial charge in [-0.25, -0.2) is 5.84 Å². The van der Waals surface area contributed by atoms with E-state index in [0.29, 0.717) is 12.5 Å². The summed E-state index contributed by atoms with van der Waals surface area (Å²) < 4.78 is 1.76. The monoisotopic (exact) mass is 210 g/mol. The highest BCUT2D eigenvalue weighted by molar-refractivity contribution is 5.68. The van der Waals surface area contributed by atoms with Crippen molar-refractivity contribution in [1.82, 2.24) is 15.4 Å². The minimum absolute atomic E-state index is 0.260. The van der Waals surface area contributed by atoms with Crippen molar-refractivity contribution in [2.24, 2.45) is 5.84 Å². The van der Waals surface area contributed by atoms with E-state index in [2.05, 4.69) is 9.94 Å². The lowest BCUT2D eigenvalue weighted by molar-refractivity contribution is -0.151. The van der Waals surface area contributed by atoms with Crippen molar-refractivity contribution < 1.29 is 9.63 Å². The molecule has 2 rings (SSSR count). The first kappa shape index (κ1) is 10.1. The molecular weight excluding hydrogens is 196 g/mol. The standard InChI is InChI=1S/C9H14N4O2/c10-12-15-9(14)4-6-13-5-3-8(11-13)7-1-2-7/h3,5,7,12H,1-2,4,6,10H2. The van der Waals surface area contributed by atoms with Gasteiger partial charge in [0.25, 0.3) is 0 Å². The Balaban J connectivity index is 1.80. The Morgan fingerprint density at radius 1 is 1.73 bits per heavy atom. The van der Waals surface area contributed by atoms with E-state index in [1.54, 1.807) is 4.68 Å². The zero-order chi connectivity index (χ0) is 10.7. The third-order valence-corrected chi connectivity index (χ3v) is 2.37. The fraction of sp³-hybridized carbons (Fsp3) is 0.556. The molecule has 82 valence electrons. The Morgan fingerprint density at radius 2 is 2.53 bits per heavy atom. The van der Waals surface area contributed by atoms with Gasteiger partial charge >= 0.3 is 5.97 Å². The summed E-state index contributed by atoms with van der Waals surface area (Å²) in [5.74, 6) is 5.09. The summed E-state index contributed by atoms with van der Waals surface area (Å²) in [5.41, 5.74) is 2.98. The molecule has 0 saturated heterocycles. The zero-order valence-electron chi connectivity index (χ0n) is 8.35. The molecule has 6 heteroatoms. The fourth-order valence-corrected chi connectivity index (χ4v) is 1.42. The lowest BCUT2D eigenvalue weighted by Crippen LogP contribution is -2.26. The minimum atomic E-state index is -0.388. The van der Waals surface area contributed by atoms with Gasteiger partial charge in [0.15, 0.2) is 0 Å². The summed E-state index contributed by atoms with van der Waals surface area (Å²) in [4.78, 5) is 15.3. The molecule has 1 aliphatic carbocycles. The summed E-state index contributed by atoms with van der Waals surface area (Å²) in [6.07, 6.45) is 4.61. The summed E-state index contributed by atoms with van der Waals surface area (Å²) >= 11 is 0. The predicted molar refractivity (Wildman–Crippen MR) is 52.2 cm³/mol. The highest BCUT2D eigenvalue weighted by Crippen LogP contribution is 2.38. The Morgan fingerprint density at radius 3 is 3.20 bits per heavy atom. The molecule has 1 saturated carbocycles. The van der Waals surface area contributed by atoms with E-state index in [1.165, 1.54) is 12.8 Å². The van der Waals surface area contributed by atoms with Crippen molar-refractivity contribution in [3.8, 4) is 0 Å². The first-order valence-corrected chi connectivity index (χ1v) is 4.98. The SMILES string of the molecule is NNOC(=O)CCn1ccc(C2CC2)n1. The summed E-state index contributed by atoms with van der Waals surface area (Å²) in [7, 11) is 0. The van der Waals surface area contributed by atoms with Gasteiger partial charge in [0.1, 0.15) is 0 Å². The number of hydrogen-bond acceptors (Lipinski definition) is 5. The van der Waals surface area contributed by atoms with Crippen LogP contribution < -0.4 is 11.4 Å². The van der Waals surface area contributed by atoms with Crippen LogP contribution in [-0.4, -0.2) is 15.7 Å². The summed E-state index contributed by atoms with van der Waals surface area (Å²) in [6.45, 7) is 0.521. The average molecular weight is 210 g/mol. The first-order chi connectivity index (χ1) is 7.29. The number of hydrazine groups is 1. The van der Waals surface area contributed by atoms with Crippen LogP contribution in [0.15, 0.2) is 12.3 Å². The van der Waals surface area contributed by atoms with E-state index in [1.807, 2.05) is 17.9 Å². The topological polar surface area (TPSA) is 82.2 Å². The molecule has 1 fully saturated rings. The maximum Gasteiger partial charge on any atom is 0.328 e. The largest absolute Gasteiger partial charge is 0.356 e. The van der Waals surface area contributed by atoms with Gasteiger partial charge in [-0.2, -0.15) is 5.10 Å². The lowest BCUT2D eigenvalue weighted by atomic mass is 10.3. The number of aromatic nitrogens is 2. The number of rotatable bonds is 5. The number of aryl methyl sites for hydroxylation is 1. The number of nitrogens with zero attached hydrogens (tertiary/aromatic N) is 2. The van der Waals surface area contributed by atoms with Crippen LogP contribution in [0.5, 0.6) is 0 Å². The van der Waals surface area contributed by atoms with Gasteiger partial charge in [-0.05, 0) is 18.9 Å². The van der Waals surface area contributed by atoms with E-state index in [4.69, 9.17) is 5.84 Å². The van der Waals surface area contributed by atoms with Crippen molar-refractivity contribution in [3.05, 3.63) is 18.0 Å². The Kier molecular flexibility index (Phi) is 2.98.